The van der Waals surface area contributed by atoms with Crippen molar-refractivity contribution in [3.8, 4) is 10.6 Å². The van der Waals surface area contributed by atoms with Gasteiger partial charge in [-0.1, -0.05) is 12.1 Å². The molecular formula is C14H12F3NOS. The minimum absolute atomic E-state index is 0.165. The van der Waals surface area contributed by atoms with Crippen molar-refractivity contribution in [3.05, 3.63) is 40.4 Å². The second-order valence-corrected chi connectivity index (χ2v) is 5.87. The highest BCUT2D eigenvalue weighted by Crippen LogP contribution is 2.46. The number of alkyl halides is 3. The van der Waals surface area contributed by atoms with Crippen LogP contribution in [-0.4, -0.2) is 10.1 Å². The Balaban J connectivity index is 2.00. The van der Waals surface area contributed by atoms with Crippen molar-refractivity contribution < 1.29 is 18.3 Å². The summed E-state index contributed by atoms with van der Waals surface area (Å²) in [5.74, 6) is 0.425. The maximum absolute atomic E-state index is 12.7. The van der Waals surface area contributed by atoms with Crippen LogP contribution in [0.5, 0.6) is 0 Å². The van der Waals surface area contributed by atoms with Crippen LogP contribution in [0.25, 0.3) is 10.6 Å². The molecule has 2 aromatic rings. The molecule has 0 atom stereocenters. The van der Waals surface area contributed by atoms with Crippen LogP contribution >= 0.6 is 11.3 Å². The Bertz CT molecular complexity index is 632. The number of rotatable bonds is 3. The van der Waals surface area contributed by atoms with Gasteiger partial charge in [0, 0.05) is 10.4 Å². The number of aromatic nitrogens is 1. The third kappa shape index (κ3) is 2.58. The topological polar surface area (TPSA) is 33.1 Å². The normalized spacial score (nSPS) is 15.6. The number of aliphatic hydroxyl groups is 1. The Labute approximate surface area is 117 Å². The summed E-state index contributed by atoms with van der Waals surface area (Å²) in [5.41, 5.74) is 0.375. The number of thiazole rings is 1. The molecule has 1 N–H and O–H groups in total. The number of hydrogen-bond donors (Lipinski definition) is 1. The summed E-state index contributed by atoms with van der Waals surface area (Å²) in [7, 11) is 0. The highest BCUT2D eigenvalue weighted by molar-refractivity contribution is 7.15. The van der Waals surface area contributed by atoms with Gasteiger partial charge in [-0.05, 0) is 30.9 Å². The van der Waals surface area contributed by atoms with E-state index < -0.39 is 11.7 Å². The number of halogens is 3. The standard InChI is InChI=1S/C14H12F3NOS/c15-14(16,17)10-3-1-2-9(6-10)13-18-11(7-19)12(20-13)8-4-5-8/h1-3,6,8,19H,4-5,7H2. The van der Waals surface area contributed by atoms with Crippen LogP contribution < -0.4 is 0 Å². The van der Waals surface area contributed by atoms with Crippen molar-refractivity contribution >= 4 is 11.3 Å². The van der Waals surface area contributed by atoms with Crippen molar-refractivity contribution in [1.29, 1.82) is 0 Å². The lowest BCUT2D eigenvalue weighted by Gasteiger charge is -2.07. The zero-order valence-electron chi connectivity index (χ0n) is 10.4. The monoisotopic (exact) mass is 299 g/mol. The molecule has 106 valence electrons. The third-order valence-electron chi connectivity index (χ3n) is 3.26. The maximum Gasteiger partial charge on any atom is 0.416 e. The summed E-state index contributed by atoms with van der Waals surface area (Å²) in [4.78, 5) is 5.30. The molecule has 20 heavy (non-hydrogen) atoms. The summed E-state index contributed by atoms with van der Waals surface area (Å²) in [6, 6.07) is 5.16. The van der Waals surface area contributed by atoms with Crippen LogP contribution in [-0.2, 0) is 12.8 Å². The second kappa shape index (κ2) is 4.86. The lowest BCUT2D eigenvalue weighted by Crippen LogP contribution is -2.04. The van der Waals surface area contributed by atoms with E-state index in [4.69, 9.17) is 0 Å². The highest BCUT2D eigenvalue weighted by Gasteiger charge is 2.32. The van der Waals surface area contributed by atoms with E-state index in [9.17, 15) is 18.3 Å². The molecule has 1 saturated carbocycles. The van der Waals surface area contributed by atoms with E-state index in [0.717, 1.165) is 29.9 Å². The predicted octanol–water partition coefficient (Wildman–Crippen LogP) is 4.20. The molecule has 0 saturated heterocycles. The van der Waals surface area contributed by atoms with Crippen molar-refractivity contribution in [2.75, 3.05) is 0 Å². The van der Waals surface area contributed by atoms with Gasteiger partial charge in [0.1, 0.15) is 5.01 Å². The maximum atomic E-state index is 12.7. The number of aliphatic hydroxyl groups excluding tert-OH is 1. The molecular weight excluding hydrogens is 287 g/mol. The van der Waals surface area contributed by atoms with Crippen LogP contribution in [0.2, 0.25) is 0 Å². The van der Waals surface area contributed by atoms with Gasteiger partial charge in [0.05, 0.1) is 17.9 Å². The van der Waals surface area contributed by atoms with Gasteiger partial charge in [-0.15, -0.1) is 11.3 Å². The average Bonchev–Trinajstić information content (AvgIpc) is 3.17. The fraction of sp³-hybridized carbons (Fsp3) is 0.357. The number of nitrogens with zero attached hydrogens (tertiary/aromatic N) is 1. The molecule has 1 aromatic heterocycles. The molecule has 1 aliphatic carbocycles. The Morgan fingerprint density at radius 3 is 2.65 bits per heavy atom. The Kier molecular flexibility index (Phi) is 3.30. The largest absolute Gasteiger partial charge is 0.416 e. The van der Waals surface area contributed by atoms with E-state index in [1.165, 1.54) is 17.4 Å². The van der Waals surface area contributed by atoms with E-state index >= 15 is 0 Å². The minimum Gasteiger partial charge on any atom is -0.390 e. The smallest absolute Gasteiger partial charge is 0.390 e. The van der Waals surface area contributed by atoms with Gasteiger partial charge in [0.25, 0.3) is 0 Å². The summed E-state index contributed by atoms with van der Waals surface area (Å²) >= 11 is 1.39. The van der Waals surface area contributed by atoms with Crippen molar-refractivity contribution in [2.45, 2.75) is 31.5 Å². The lowest BCUT2D eigenvalue weighted by atomic mass is 10.1. The Hall–Kier alpha value is -1.40. The van der Waals surface area contributed by atoms with Crippen molar-refractivity contribution in [2.24, 2.45) is 0 Å². The van der Waals surface area contributed by atoms with Gasteiger partial charge >= 0.3 is 6.18 Å². The molecule has 2 nitrogen and oxygen atoms in total. The molecule has 1 fully saturated rings. The van der Waals surface area contributed by atoms with E-state index in [2.05, 4.69) is 4.98 Å². The number of benzene rings is 1. The minimum atomic E-state index is -4.35. The SMILES string of the molecule is OCc1nc(-c2cccc(C(F)(F)F)c2)sc1C1CC1. The first-order valence-electron chi connectivity index (χ1n) is 6.27. The molecule has 0 spiro atoms. The molecule has 6 heteroatoms. The fourth-order valence-corrected chi connectivity index (χ4v) is 3.33. The van der Waals surface area contributed by atoms with Gasteiger partial charge in [-0.25, -0.2) is 4.98 Å². The van der Waals surface area contributed by atoms with Crippen LogP contribution in [0, 0.1) is 0 Å². The highest BCUT2D eigenvalue weighted by atomic mass is 32.1. The van der Waals surface area contributed by atoms with E-state index in [0.29, 0.717) is 22.2 Å². The van der Waals surface area contributed by atoms with Gasteiger partial charge < -0.3 is 5.11 Å². The molecule has 0 radical (unpaired) electrons. The van der Waals surface area contributed by atoms with Gasteiger partial charge in [-0.2, -0.15) is 13.2 Å². The Morgan fingerprint density at radius 2 is 2.05 bits per heavy atom. The van der Waals surface area contributed by atoms with Gasteiger partial charge in [-0.3, -0.25) is 0 Å². The van der Waals surface area contributed by atoms with E-state index in [1.807, 2.05) is 0 Å². The van der Waals surface area contributed by atoms with Crippen molar-refractivity contribution in [1.82, 2.24) is 4.98 Å². The second-order valence-electron chi connectivity index (χ2n) is 4.84. The van der Waals surface area contributed by atoms with Crippen LogP contribution in [0.4, 0.5) is 13.2 Å². The predicted molar refractivity (Wildman–Crippen MR) is 70.4 cm³/mol. The fourth-order valence-electron chi connectivity index (χ4n) is 2.09. The summed E-state index contributed by atoms with van der Waals surface area (Å²) in [5, 5.41) is 9.85. The molecule has 3 rings (SSSR count). The first-order valence-corrected chi connectivity index (χ1v) is 7.09. The first kappa shape index (κ1) is 13.6. The van der Waals surface area contributed by atoms with E-state index in [1.54, 1.807) is 6.07 Å². The zero-order valence-corrected chi connectivity index (χ0v) is 11.3. The molecule has 1 aromatic carbocycles. The first-order chi connectivity index (χ1) is 9.49. The van der Waals surface area contributed by atoms with Crippen LogP contribution in [0.1, 0.15) is 34.9 Å². The Morgan fingerprint density at radius 1 is 1.30 bits per heavy atom. The van der Waals surface area contributed by atoms with E-state index in [-0.39, 0.29) is 6.61 Å². The number of hydrogen-bond acceptors (Lipinski definition) is 3. The summed E-state index contributed by atoms with van der Waals surface area (Å²) in [6.07, 6.45) is -2.22. The molecule has 0 aliphatic heterocycles. The molecule has 1 heterocycles. The lowest BCUT2D eigenvalue weighted by molar-refractivity contribution is -0.137. The van der Waals surface area contributed by atoms with Crippen LogP contribution in [0.3, 0.4) is 0 Å². The van der Waals surface area contributed by atoms with Gasteiger partial charge in [0.15, 0.2) is 0 Å². The van der Waals surface area contributed by atoms with Crippen molar-refractivity contribution in [3.63, 3.8) is 0 Å². The average molecular weight is 299 g/mol. The zero-order chi connectivity index (χ0) is 14.3. The quantitative estimate of drug-likeness (QED) is 0.921. The van der Waals surface area contributed by atoms with Crippen LogP contribution in [0.15, 0.2) is 24.3 Å². The molecule has 0 bridgehead atoms. The molecule has 1 aliphatic rings. The summed E-state index contributed by atoms with van der Waals surface area (Å²) in [6.45, 7) is -0.165. The van der Waals surface area contributed by atoms with Gasteiger partial charge in [0.2, 0.25) is 0 Å². The molecule has 0 amide bonds. The molecule has 0 unspecified atom stereocenters. The summed E-state index contributed by atoms with van der Waals surface area (Å²) < 4.78 is 38.1. The third-order valence-corrected chi connectivity index (χ3v) is 4.57.